The number of rotatable bonds is 5. The topological polar surface area (TPSA) is 77.2 Å². The summed E-state index contributed by atoms with van der Waals surface area (Å²) in [4.78, 5) is 12.0. The molecule has 3 N–H and O–H groups in total. The molecule has 0 aliphatic rings. The molecule has 1 aromatic heterocycles. The number of amides is 1. The molecule has 122 valence electrons. The number of nitrogens with two attached hydrogens (primary N) is 1. The summed E-state index contributed by atoms with van der Waals surface area (Å²) in [6.45, 7) is 0. The fourth-order valence-corrected chi connectivity index (χ4v) is 2.83. The van der Waals surface area contributed by atoms with Gasteiger partial charge in [0.2, 0.25) is 5.91 Å². The SMILES string of the molecule is Nc1ccc(Oc2ccc(CC(=O)Nc3sncc3Cl)cc2)cc1. The van der Waals surface area contributed by atoms with Gasteiger partial charge >= 0.3 is 0 Å². The molecule has 7 heteroatoms. The van der Waals surface area contributed by atoms with E-state index in [-0.39, 0.29) is 12.3 Å². The first-order chi connectivity index (χ1) is 11.6. The molecule has 0 fully saturated rings. The Balaban J connectivity index is 1.59. The van der Waals surface area contributed by atoms with E-state index in [9.17, 15) is 4.79 Å². The van der Waals surface area contributed by atoms with Gasteiger partial charge in [-0.05, 0) is 53.5 Å². The van der Waals surface area contributed by atoms with Crippen molar-refractivity contribution in [3.8, 4) is 11.5 Å². The number of carbonyl (C=O) groups is 1. The maximum atomic E-state index is 12.0. The normalized spacial score (nSPS) is 10.4. The van der Waals surface area contributed by atoms with Crippen LogP contribution in [0.2, 0.25) is 5.02 Å². The Labute approximate surface area is 148 Å². The van der Waals surface area contributed by atoms with Crippen LogP contribution in [0, 0.1) is 0 Å². The fourth-order valence-electron chi connectivity index (χ4n) is 2.01. The quantitative estimate of drug-likeness (QED) is 0.664. The van der Waals surface area contributed by atoms with Crippen molar-refractivity contribution in [3.63, 3.8) is 0 Å². The Morgan fingerprint density at radius 2 is 1.75 bits per heavy atom. The molecule has 5 nitrogen and oxygen atoms in total. The van der Waals surface area contributed by atoms with Gasteiger partial charge in [0.1, 0.15) is 16.5 Å². The van der Waals surface area contributed by atoms with Gasteiger partial charge in [0, 0.05) is 5.69 Å². The van der Waals surface area contributed by atoms with E-state index in [0.29, 0.717) is 27.2 Å². The molecule has 0 saturated heterocycles. The summed E-state index contributed by atoms with van der Waals surface area (Å²) in [5.74, 6) is 1.25. The lowest BCUT2D eigenvalue weighted by molar-refractivity contribution is -0.115. The number of hydrogen-bond donors (Lipinski definition) is 2. The molecular formula is C17H14ClN3O2S. The van der Waals surface area contributed by atoms with Crippen LogP contribution in [0.25, 0.3) is 0 Å². The number of nitrogens with zero attached hydrogens (tertiary/aromatic N) is 1. The summed E-state index contributed by atoms with van der Waals surface area (Å²) in [7, 11) is 0. The number of anilines is 2. The van der Waals surface area contributed by atoms with Gasteiger partial charge in [-0.25, -0.2) is 0 Å². The largest absolute Gasteiger partial charge is 0.457 e. The van der Waals surface area contributed by atoms with Crippen molar-refractivity contribution in [3.05, 3.63) is 65.3 Å². The van der Waals surface area contributed by atoms with Gasteiger partial charge in [0.25, 0.3) is 0 Å². The van der Waals surface area contributed by atoms with Crippen LogP contribution in [-0.2, 0) is 11.2 Å². The van der Waals surface area contributed by atoms with Crippen LogP contribution >= 0.6 is 23.1 Å². The van der Waals surface area contributed by atoms with Crippen LogP contribution in [0.15, 0.2) is 54.7 Å². The van der Waals surface area contributed by atoms with Crippen molar-refractivity contribution in [2.75, 3.05) is 11.1 Å². The molecule has 1 heterocycles. The molecule has 0 radical (unpaired) electrons. The molecule has 1 amide bonds. The molecular weight excluding hydrogens is 346 g/mol. The van der Waals surface area contributed by atoms with Crippen LogP contribution in [-0.4, -0.2) is 10.3 Å². The molecule has 0 aliphatic heterocycles. The summed E-state index contributed by atoms with van der Waals surface area (Å²) in [5, 5.41) is 3.75. The second kappa shape index (κ2) is 7.33. The lowest BCUT2D eigenvalue weighted by Gasteiger charge is -2.07. The number of benzene rings is 2. The molecule has 0 spiro atoms. The van der Waals surface area contributed by atoms with E-state index in [1.807, 2.05) is 24.3 Å². The average molecular weight is 360 g/mol. The molecule has 0 saturated carbocycles. The smallest absolute Gasteiger partial charge is 0.229 e. The monoisotopic (exact) mass is 359 g/mol. The van der Waals surface area contributed by atoms with Crippen LogP contribution in [0.1, 0.15) is 5.56 Å². The van der Waals surface area contributed by atoms with E-state index in [4.69, 9.17) is 22.1 Å². The number of hydrogen-bond acceptors (Lipinski definition) is 5. The minimum Gasteiger partial charge on any atom is -0.457 e. The Bertz CT molecular complexity index is 832. The van der Waals surface area contributed by atoms with Gasteiger partial charge in [-0.1, -0.05) is 23.7 Å². The first kappa shape index (κ1) is 16.3. The Kier molecular flexibility index (Phi) is 4.98. The van der Waals surface area contributed by atoms with E-state index >= 15 is 0 Å². The summed E-state index contributed by atoms with van der Waals surface area (Å²) in [5.41, 5.74) is 7.20. The lowest BCUT2D eigenvalue weighted by atomic mass is 10.1. The van der Waals surface area contributed by atoms with Gasteiger partial charge in [0.05, 0.1) is 17.6 Å². The molecule has 3 aromatic rings. The highest BCUT2D eigenvalue weighted by Gasteiger charge is 2.09. The lowest BCUT2D eigenvalue weighted by Crippen LogP contribution is -2.13. The molecule has 2 aromatic carbocycles. The third-order valence-corrected chi connectivity index (χ3v) is 4.30. The number of aromatic nitrogens is 1. The maximum absolute atomic E-state index is 12.0. The van der Waals surface area contributed by atoms with Crippen molar-refractivity contribution in [1.29, 1.82) is 0 Å². The second-order valence-electron chi connectivity index (χ2n) is 5.04. The zero-order chi connectivity index (χ0) is 16.9. The van der Waals surface area contributed by atoms with Gasteiger partial charge in [-0.2, -0.15) is 4.37 Å². The molecule has 3 rings (SSSR count). The molecule has 0 unspecified atom stereocenters. The third kappa shape index (κ3) is 4.24. The Morgan fingerprint density at radius 3 is 2.33 bits per heavy atom. The van der Waals surface area contributed by atoms with E-state index in [2.05, 4.69) is 9.69 Å². The highest BCUT2D eigenvalue weighted by molar-refractivity contribution is 7.11. The fraction of sp³-hybridized carbons (Fsp3) is 0.0588. The van der Waals surface area contributed by atoms with Crippen molar-refractivity contribution in [2.45, 2.75) is 6.42 Å². The highest BCUT2D eigenvalue weighted by atomic mass is 35.5. The molecule has 0 atom stereocenters. The van der Waals surface area contributed by atoms with E-state index < -0.39 is 0 Å². The van der Waals surface area contributed by atoms with Gasteiger partial charge in [-0.15, -0.1) is 0 Å². The maximum Gasteiger partial charge on any atom is 0.229 e. The van der Waals surface area contributed by atoms with Crippen molar-refractivity contribution in [1.82, 2.24) is 4.37 Å². The standard InChI is InChI=1S/C17H14ClN3O2S/c18-15-10-20-24-17(15)21-16(22)9-11-1-5-13(6-2-11)23-14-7-3-12(19)4-8-14/h1-8,10H,9,19H2,(H,21,22). The first-order valence-electron chi connectivity index (χ1n) is 7.12. The number of carbonyl (C=O) groups excluding carboxylic acids is 1. The predicted octanol–water partition coefficient (Wildman–Crippen LogP) is 4.35. The zero-order valence-electron chi connectivity index (χ0n) is 12.5. The number of nitrogens with one attached hydrogen (secondary N) is 1. The van der Waals surface area contributed by atoms with Crippen LogP contribution in [0.5, 0.6) is 11.5 Å². The summed E-state index contributed by atoms with van der Waals surface area (Å²) < 4.78 is 9.62. The zero-order valence-corrected chi connectivity index (χ0v) is 14.1. The van der Waals surface area contributed by atoms with Crippen LogP contribution in [0.3, 0.4) is 0 Å². The van der Waals surface area contributed by atoms with Gasteiger partial charge < -0.3 is 15.8 Å². The van der Waals surface area contributed by atoms with Crippen LogP contribution in [0.4, 0.5) is 10.7 Å². The highest BCUT2D eigenvalue weighted by Crippen LogP contribution is 2.26. The van der Waals surface area contributed by atoms with Gasteiger partial charge in [0.15, 0.2) is 0 Å². The summed E-state index contributed by atoms with van der Waals surface area (Å²) >= 11 is 7.05. The first-order valence-corrected chi connectivity index (χ1v) is 8.27. The Hall–Kier alpha value is -2.57. The molecule has 0 aliphatic carbocycles. The van der Waals surface area contributed by atoms with E-state index in [1.165, 1.54) is 6.20 Å². The molecule has 0 bridgehead atoms. The predicted molar refractivity (Wildman–Crippen MR) is 96.8 cm³/mol. The number of nitrogen functional groups attached to an aromatic ring is 1. The average Bonchev–Trinajstić information content (AvgIpc) is 2.96. The van der Waals surface area contributed by atoms with Gasteiger partial charge in [-0.3, -0.25) is 4.79 Å². The second-order valence-corrected chi connectivity index (χ2v) is 6.25. The molecule has 24 heavy (non-hydrogen) atoms. The van der Waals surface area contributed by atoms with E-state index in [1.54, 1.807) is 24.3 Å². The van der Waals surface area contributed by atoms with Crippen LogP contribution < -0.4 is 15.8 Å². The Morgan fingerprint density at radius 1 is 1.12 bits per heavy atom. The summed E-state index contributed by atoms with van der Waals surface area (Å²) in [6, 6.07) is 14.5. The third-order valence-electron chi connectivity index (χ3n) is 3.18. The minimum absolute atomic E-state index is 0.145. The number of ether oxygens (including phenoxy) is 1. The van der Waals surface area contributed by atoms with Crippen molar-refractivity contribution in [2.24, 2.45) is 0 Å². The van der Waals surface area contributed by atoms with E-state index in [0.717, 1.165) is 17.1 Å². The van der Waals surface area contributed by atoms with Crippen molar-refractivity contribution < 1.29 is 9.53 Å². The summed E-state index contributed by atoms with van der Waals surface area (Å²) in [6.07, 6.45) is 1.75. The minimum atomic E-state index is -0.145. The number of halogens is 1. The van der Waals surface area contributed by atoms with Crippen molar-refractivity contribution >= 4 is 39.7 Å².